The summed E-state index contributed by atoms with van der Waals surface area (Å²) in [4.78, 5) is 27.5. The highest BCUT2D eigenvalue weighted by Gasteiger charge is 2.29. The Hall–Kier alpha value is -3.08. The van der Waals surface area contributed by atoms with E-state index in [2.05, 4.69) is 15.6 Å². The van der Waals surface area contributed by atoms with Gasteiger partial charge >= 0.3 is 0 Å². The normalized spacial score (nSPS) is 15.8. The number of fused-ring (bicyclic) bond motifs is 2. The second-order valence-electron chi connectivity index (χ2n) is 6.30. The van der Waals surface area contributed by atoms with E-state index in [-0.39, 0.29) is 17.7 Å². The number of para-hydroxylation sites is 2. The van der Waals surface area contributed by atoms with E-state index >= 15 is 0 Å². The monoisotopic (exact) mass is 333 g/mol. The number of hydrogen-bond acceptors (Lipinski definition) is 2. The number of rotatable bonds is 5. The molecule has 3 aromatic rings. The molecule has 3 N–H and O–H groups in total. The lowest BCUT2D eigenvalue weighted by Gasteiger charge is -2.10. The maximum atomic E-state index is 12.2. The second kappa shape index (κ2) is 6.43. The van der Waals surface area contributed by atoms with Crippen LogP contribution in [0.25, 0.3) is 10.9 Å². The van der Waals surface area contributed by atoms with Crippen LogP contribution < -0.4 is 10.6 Å². The Bertz CT molecular complexity index is 945. The molecule has 5 heteroatoms. The minimum Gasteiger partial charge on any atom is -0.361 e. The van der Waals surface area contributed by atoms with Crippen LogP contribution in [0.1, 0.15) is 23.5 Å². The van der Waals surface area contributed by atoms with Gasteiger partial charge in [-0.15, -0.1) is 0 Å². The molecule has 4 rings (SSSR count). The van der Waals surface area contributed by atoms with Crippen molar-refractivity contribution in [1.82, 2.24) is 10.3 Å². The van der Waals surface area contributed by atoms with Gasteiger partial charge in [-0.2, -0.15) is 0 Å². The predicted molar refractivity (Wildman–Crippen MR) is 97.4 cm³/mol. The van der Waals surface area contributed by atoms with Crippen LogP contribution >= 0.6 is 0 Å². The number of aromatic amines is 1. The van der Waals surface area contributed by atoms with Crippen LogP contribution in [-0.2, 0) is 16.0 Å². The molecular weight excluding hydrogens is 314 g/mol. The summed E-state index contributed by atoms with van der Waals surface area (Å²) in [5, 5.41) is 6.89. The number of anilines is 1. The molecular formula is C20H19N3O2. The third-order valence-electron chi connectivity index (χ3n) is 4.69. The number of H-pyrrole nitrogens is 1. The van der Waals surface area contributed by atoms with Gasteiger partial charge in [0.25, 0.3) is 0 Å². The highest BCUT2D eigenvalue weighted by atomic mass is 16.2. The molecule has 0 radical (unpaired) electrons. The molecule has 0 aliphatic carbocycles. The first-order valence-electron chi connectivity index (χ1n) is 8.44. The molecule has 25 heavy (non-hydrogen) atoms. The molecule has 0 fully saturated rings. The molecule has 2 heterocycles. The number of benzene rings is 2. The number of hydrogen-bond donors (Lipinski definition) is 3. The van der Waals surface area contributed by atoms with Gasteiger partial charge in [-0.25, -0.2) is 0 Å². The lowest BCUT2D eigenvalue weighted by Crippen LogP contribution is -2.28. The van der Waals surface area contributed by atoms with E-state index in [0.29, 0.717) is 19.4 Å². The minimum atomic E-state index is -0.190. The lowest BCUT2D eigenvalue weighted by molar-refractivity contribution is -0.121. The van der Waals surface area contributed by atoms with Crippen molar-refractivity contribution >= 4 is 28.4 Å². The quantitative estimate of drug-likeness (QED) is 0.671. The van der Waals surface area contributed by atoms with Crippen molar-refractivity contribution in [3.8, 4) is 0 Å². The first kappa shape index (κ1) is 15.4. The SMILES string of the molecule is O=C(Cc1c[nH]c2ccccc12)NCCC1C(=O)Nc2ccccc21. The fourth-order valence-corrected chi connectivity index (χ4v) is 3.43. The number of nitrogens with one attached hydrogen (secondary N) is 3. The Morgan fingerprint density at radius 2 is 1.88 bits per heavy atom. The van der Waals surface area contributed by atoms with Gasteiger partial charge in [0.05, 0.1) is 12.3 Å². The summed E-state index contributed by atoms with van der Waals surface area (Å²) in [6.07, 6.45) is 2.81. The van der Waals surface area contributed by atoms with Crippen LogP contribution in [0, 0.1) is 0 Å². The largest absolute Gasteiger partial charge is 0.361 e. The van der Waals surface area contributed by atoms with Gasteiger partial charge in [-0.3, -0.25) is 9.59 Å². The summed E-state index contributed by atoms with van der Waals surface area (Å²) in [5.41, 5.74) is 3.91. The van der Waals surface area contributed by atoms with Gasteiger partial charge in [-0.05, 0) is 29.7 Å². The van der Waals surface area contributed by atoms with Gasteiger partial charge in [0, 0.05) is 29.3 Å². The second-order valence-corrected chi connectivity index (χ2v) is 6.30. The number of amides is 2. The van der Waals surface area contributed by atoms with E-state index in [1.54, 1.807) is 0 Å². The molecule has 1 atom stereocenters. The molecule has 2 aromatic carbocycles. The maximum Gasteiger partial charge on any atom is 0.232 e. The average Bonchev–Trinajstić information content (AvgIpc) is 3.16. The van der Waals surface area contributed by atoms with Crippen LogP contribution in [0.4, 0.5) is 5.69 Å². The molecule has 0 saturated carbocycles. The zero-order valence-electron chi connectivity index (χ0n) is 13.7. The summed E-state index contributed by atoms with van der Waals surface area (Å²) >= 11 is 0. The van der Waals surface area contributed by atoms with E-state index < -0.39 is 0 Å². The van der Waals surface area contributed by atoms with Crippen molar-refractivity contribution in [3.05, 3.63) is 65.9 Å². The third kappa shape index (κ3) is 3.01. The van der Waals surface area contributed by atoms with Gasteiger partial charge in [0.1, 0.15) is 0 Å². The highest BCUT2D eigenvalue weighted by Crippen LogP contribution is 2.33. The van der Waals surface area contributed by atoms with Crippen LogP contribution in [0.2, 0.25) is 0 Å². The van der Waals surface area contributed by atoms with Gasteiger partial charge < -0.3 is 15.6 Å². The summed E-state index contributed by atoms with van der Waals surface area (Å²) in [7, 11) is 0. The van der Waals surface area contributed by atoms with Crippen molar-refractivity contribution in [1.29, 1.82) is 0 Å². The Balaban J connectivity index is 1.34. The smallest absolute Gasteiger partial charge is 0.232 e. The zero-order chi connectivity index (χ0) is 17.2. The average molecular weight is 333 g/mol. The molecule has 1 aliphatic rings. The Morgan fingerprint density at radius 3 is 2.80 bits per heavy atom. The van der Waals surface area contributed by atoms with E-state index in [1.165, 1.54) is 0 Å². The number of carbonyl (C=O) groups is 2. The van der Waals surface area contributed by atoms with Crippen LogP contribution in [0.15, 0.2) is 54.7 Å². The third-order valence-corrected chi connectivity index (χ3v) is 4.69. The standard InChI is InChI=1S/C20H19N3O2/c24-19(11-13-12-22-17-7-3-1-5-14(13)17)21-10-9-16-15-6-2-4-8-18(15)23-20(16)25/h1-8,12,16,22H,9-11H2,(H,21,24)(H,23,25). The van der Waals surface area contributed by atoms with Crippen molar-refractivity contribution in [3.63, 3.8) is 0 Å². The molecule has 126 valence electrons. The van der Waals surface area contributed by atoms with E-state index in [4.69, 9.17) is 0 Å². The van der Waals surface area contributed by atoms with Gasteiger partial charge in [-0.1, -0.05) is 36.4 Å². The maximum absolute atomic E-state index is 12.2. The van der Waals surface area contributed by atoms with E-state index in [0.717, 1.165) is 27.7 Å². The predicted octanol–water partition coefficient (Wildman–Crippen LogP) is 2.95. The lowest BCUT2D eigenvalue weighted by atomic mass is 9.97. The zero-order valence-corrected chi connectivity index (χ0v) is 13.7. The Morgan fingerprint density at radius 1 is 1.08 bits per heavy atom. The minimum absolute atomic E-state index is 0.00655. The van der Waals surface area contributed by atoms with Crippen molar-refractivity contribution < 1.29 is 9.59 Å². The van der Waals surface area contributed by atoms with Crippen LogP contribution in [-0.4, -0.2) is 23.3 Å². The van der Waals surface area contributed by atoms with Crippen LogP contribution in [0.3, 0.4) is 0 Å². The summed E-state index contributed by atoms with van der Waals surface area (Å²) in [6.45, 7) is 0.480. The number of aromatic nitrogens is 1. The molecule has 0 spiro atoms. The fourth-order valence-electron chi connectivity index (χ4n) is 3.43. The first-order chi connectivity index (χ1) is 12.2. The highest BCUT2D eigenvalue weighted by molar-refractivity contribution is 6.02. The van der Waals surface area contributed by atoms with Crippen molar-refractivity contribution in [2.75, 3.05) is 11.9 Å². The first-order valence-corrected chi connectivity index (χ1v) is 8.44. The van der Waals surface area contributed by atoms with E-state index in [1.807, 2.05) is 54.7 Å². The summed E-state index contributed by atoms with van der Waals surface area (Å²) < 4.78 is 0. The van der Waals surface area contributed by atoms with Gasteiger partial charge in [0.2, 0.25) is 11.8 Å². The molecule has 1 aromatic heterocycles. The molecule has 1 unspecified atom stereocenters. The van der Waals surface area contributed by atoms with E-state index in [9.17, 15) is 9.59 Å². The molecule has 0 bridgehead atoms. The molecule has 0 saturated heterocycles. The topological polar surface area (TPSA) is 74.0 Å². The van der Waals surface area contributed by atoms with Crippen molar-refractivity contribution in [2.24, 2.45) is 0 Å². The summed E-state index contributed by atoms with van der Waals surface area (Å²) in [6, 6.07) is 15.6. The fraction of sp³-hybridized carbons (Fsp3) is 0.200. The molecule has 1 aliphatic heterocycles. The summed E-state index contributed by atoms with van der Waals surface area (Å²) in [5.74, 6) is -0.215. The van der Waals surface area contributed by atoms with Gasteiger partial charge in [0.15, 0.2) is 0 Å². The number of carbonyl (C=O) groups excluding carboxylic acids is 2. The van der Waals surface area contributed by atoms with Crippen LogP contribution in [0.5, 0.6) is 0 Å². The molecule has 2 amide bonds. The Labute approximate surface area is 145 Å². The Kier molecular flexibility index (Phi) is 3.98. The molecule has 5 nitrogen and oxygen atoms in total. The van der Waals surface area contributed by atoms with Crippen molar-refractivity contribution in [2.45, 2.75) is 18.8 Å².